The molecule has 0 amide bonds. The summed E-state index contributed by atoms with van der Waals surface area (Å²) in [4.78, 5) is 12.2. The fraction of sp³-hybridized carbons (Fsp3) is 0.222. The Balaban J connectivity index is 2.49. The topological polar surface area (TPSA) is 69.6 Å². The number of imidazole rings is 1. The number of aryl methyl sites for hydroxylation is 1. The van der Waals surface area contributed by atoms with Gasteiger partial charge in [-0.25, -0.2) is 15.0 Å². The van der Waals surface area contributed by atoms with E-state index in [9.17, 15) is 0 Å². The van der Waals surface area contributed by atoms with Gasteiger partial charge in [-0.05, 0) is 13.0 Å². The quantitative estimate of drug-likeness (QED) is 0.763. The summed E-state index contributed by atoms with van der Waals surface area (Å²) >= 11 is 0. The van der Waals surface area contributed by atoms with Gasteiger partial charge in [0.2, 0.25) is 5.95 Å². The lowest BCUT2D eigenvalue weighted by molar-refractivity contribution is 0.768. The van der Waals surface area contributed by atoms with E-state index >= 15 is 0 Å². The average Bonchev–Trinajstić information content (AvgIpc) is 2.65. The number of nitrogens with two attached hydrogens (primary N) is 1. The highest BCUT2D eigenvalue weighted by atomic mass is 15.1. The van der Waals surface area contributed by atoms with Crippen LogP contribution in [0.1, 0.15) is 6.92 Å². The molecule has 2 aromatic rings. The Morgan fingerprint density at radius 3 is 2.93 bits per heavy atom. The highest BCUT2D eigenvalue weighted by Crippen LogP contribution is 2.14. The Morgan fingerprint density at radius 1 is 1.36 bits per heavy atom. The van der Waals surface area contributed by atoms with E-state index in [0.29, 0.717) is 0 Å². The molecule has 0 saturated carbocycles. The van der Waals surface area contributed by atoms with Gasteiger partial charge in [-0.3, -0.25) is 0 Å². The summed E-state index contributed by atoms with van der Waals surface area (Å²) in [6, 6.07) is 1.80. The van der Waals surface area contributed by atoms with Gasteiger partial charge in [0.05, 0.1) is 0 Å². The summed E-state index contributed by atoms with van der Waals surface area (Å²) in [5.41, 5.74) is 6.25. The summed E-state index contributed by atoms with van der Waals surface area (Å²) in [5.74, 6) is 1.09. The van der Waals surface area contributed by atoms with Crippen molar-refractivity contribution >= 4 is 5.95 Å². The molecule has 2 aromatic heterocycles. The number of anilines is 1. The van der Waals surface area contributed by atoms with Crippen LogP contribution < -0.4 is 5.73 Å². The van der Waals surface area contributed by atoms with E-state index < -0.39 is 0 Å². The number of nitrogen functional groups attached to an aromatic ring is 1. The monoisotopic (exact) mass is 189 g/mol. The highest BCUT2D eigenvalue weighted by molar-refractivity contribution is 5.50. The fourth-order valence-electron chi connectivity index (χ4n) is 1.30. The first-order valence-corrected chi connectivity index (χ1v) is 4.41. The van der Waals surface area contributed by atoms with Crippen molar-refractivity contribution in [1.82, 2.24) is 19.5 Å². The maximum Gasteiger partial charge on any atom is 0.220 e. The normalized spacial score (nSPS) is 10.4. The molecule has 2 rings (SSSR count). The largest absolute Gasteiger partial charge is 0.368 e. The van der Waals surface area contributed by atoms with Crippen LogP contribution in [0.15, 0.2) is 24.7 Å². The lowest BCUT2D eigenvalue weighted by Crippen LogP contribution is -2.00. The number of hydrogen-bond acceptors (Lipinski definition) is 4. The predicted octanol–water partition coefficient (Wildman–Crippen LogP) is 0.942. The van der Waals surface area contributed by atoms with Gasteiger partial charge in [0, 0.05) is 25.1 Å². The van der Waals surface area contributed by atoms with E-state index in [1.807, 2.05) is 10.8 Å². The lowest BCUT2D eigenvalue weighted by Gasteiger charge is -2.03. The molecular formula is C9H11N5. The van der Waals surface area contributed by atoms with Crippen molar-refractivity contribution < 1.29 is 0 Å². The minimum atomic E-state index is 0.271. The SMILES string of the molecule is CCn1ccnc1-c1ccnc(N)n1. The summed E-state index contributed by atoms with van der Waals surface area (Å²) in [7, 11) is 0. The third-order valence-electron chi connectivity index (χ3n) is 1.96. The van der Waals surface area contributed by atoms with Crippen LogP contribution in [0.4, 0.5) is 5.95 Å². The van der Waals surface area contributed by atoms with Crippen LogP contribution in [-0.4, -0.2) is 19.5 Å². The van der Waals surface area contributed by atoms with Crippen LogP contribution in [0.3, 0.4) is 0 Å². The highest BCUT2D eigenvalue weighted by Gasteiger charge is 2.05. The molecule has 0 bridgehead atoms. The van der Waals surface area contributed by atoms with E-state index in [4.69, 9.17) is 5.73 Å². The second kappa shape index (κ2) is 3.45. The van der Waals surface area contributed by atoms with Crippen molar-refractivity contribution in [2.24, 2.45) is 0 Å². The maximum atomic E-state index is 5.50. The smallest absolute Gasteiger partial charge is 0.220 e. The summed E-state index contributed by atoms with van der Waals surface area (Å²) in [5, 5.41) is 0. The molecular weight excluding hydrogens is 178 g/mol. The lowest BCUT2D eigenvalue weighted by atomic mass is 10.4. The van der Waals surface area contributed by atoms with Crippen molar-refractivity contribution in [1.29, 1.82) is 0 Å². The van der Waals surface area contributed by atoms with Crippen molar-refractivity contribution in [3.63, 3.8) is 0 Å². The second-order valence-electron chi connectivity index (χ2n) is 2.84. The van der Waals surface area contributed by atoms with Gasteiger partial charge >= 0.3 is 0 Å². The van der Waals surface area contributed by atoms with Gasteiger partial charge in [-0.15, -0.1) is 0 Å². The standard InChI is InChI=1S/C9H11N5/c1-2-14-6-5-11-8(14)7-3-4-12-9(10)13-7/h3-6H,2H2,1H3,(H2,10,12,13). The Bertz CT molecular complexity index is 434. The van der Waals surface area contributed by atoms with Crippen molar-refractivity contribution in [2.45, 2.75) is 13.5 Å². The molecule has 5 heteroatoms. The number of rotatable bonds is 2. The molecule has 5 nitrogen and oxygen atoms in total. The molecule has 72 valence electrons. The van der Waals surface area contributed by atoms with E-state index in [1.54, 1.807) is 18.5 Å². The van der Waals surface area contributed by atoms with Gasteiger partial charge in [0.15, 0.2) is 5.82 Å². The number of hydrogen-bond donors (Lipinski definition) is 1. The van der Waals surface area contributed by atoms with E-state index in [2.05, 4.69) is 21.9 Å². The van der Waals surface area contributed by atoms with Crippen molar-refractivity contribution in [2.75, 3.05) is 5.73 Å². The van der Waals surface area contributed by atoms with Crippen LogP contribution in [0.5, 0.6) is 0 Å². The van der Waals surface area contributed by atoms with Crippen LogP contribution >= 0.6 is 0 Å². The van der Waals surface area contributed by atoms with Gasteiger partial charge in [0.1, 0.15) is 5.69 Å². The molecule has 0 unspecified atom stereocenters. The van der Waals surface area contributed by atoms with Crippen LogP contribution in [0.2, 0.25) is 0 Å². The average molecular weight is 189 g/mol. The van der Waals surface area contributed by atoms with Crippen molar-refractivity contribution in [3.05, 3.63) is 24.7 Å². The molecule has 0 aliphatic carbocycles. The molecule has 0 fully saturated rings. The third kappa shape index (κ3) is 1.44. The van der Waals surface area contributed by atoms with Crippen LogP contribution in [0, 0.1) is 0 Å². The van der Waals surface area contributed by atoms with Crippen molar-refractivity contribution in [3.8, 4) is 11.5 Å². The zero-order valence-electron chi connectivity index (χ0n) is 7.88. The third-order valence-corrected chi connectivity index (χ3v) is 1.96. The molecule has 0 aliphatic heterocycles. The molecule has 0 atom stereocenters. The zero-order chi connectivity index (χ0) is 9.97. The minimum Gasteiger partial charge on any atom is -0.368 e. The molecule has 2 N–H and O–H groups in total. The van der Waals surface area contributed by atoms with Crippen LogP contribution in [0.25, 0.3) is 11.5 Å². The van der Waals surface area contributed by atoms with Gasteiger partial charge in [-0.2, -0.15) is 0 Å². The molecule has 14 heavy (non-hydrogen) atoms. The molecule has 0 aromatic carbocycles. The molecule has 2 heterocycles. The van der Waals surface area contributed by atoms with E-state index in [-0.39, 0.29) is 5.95 Å². The second-order valence-corrected chi connectivity index (χ2v) is 2.84. The van der Waals surface area contributed by atoms with Gasteiger partial charge < -0.3 is 10.3 Å². The summed E-state index contributed by atoms with van der Waals surface area (Å²) < 4.78 is 2.00. The minimum absolute atomic E-state index is 0.271. The zero-order valence-corrected chi connectivity index (χ0v) is 7.88. The van der Waals surface area contributed by atoms with Gasteiger partial charge in [-0.1, -0.05) is 0 Å². The van der Waals surface area contributed by atoms with E-state index in [0.717, 1.165) is 18.1 Å². The summed E-state index contributed by atoms with van der Waals surface area (Å²) in [6.07, 6.45) is 5.29. The first-order chi connectivity index (χ1) is 6.81. The van der Waals surface area contributed by atoms with Crippen LogP contribution in [-0.2, 0) is 6.54 Å². The Morgan fingerprint density at radius 2 is 2.21 bits per heavy atom. The molecule has 0 radical (unpaired) electrons. The molecule has 0 aliphatic rings. The fourth-order valence-corrected chi connectivity index (χ4v) is 1.30. The number of aromatic nitrogens is 4. The predicted molar refractivity (Wildman–Crippen MR) is 53.3 cm³/mol. The molecule has 0 saturated heterocycles. The first kappa shape index (κ1) is 8.68. The Hall–Kier alpha value is -1.91. The maximum absolute atomic E-state index is 5.50. The Labute approximate surface area is 81.6 Å². The number of nitrogens with zero attached hydrogens (tertiary/aromatic N) is 4. The summed E-state index contributed by atoms with van der Waals surface area (Å²) in [6.45, 7) is 2.91. The Kier molecular flexibility index (Phi) is 2.14. The molecule has 0 spiro atoms. The van der Waals surface area contributed by atoms with Gasteiger partial charge in [0.25, 0.3) is 0 Å². The van der Waals surface area contributed by atoms with E-state index in [1.165, 1.54) is 0 Å². The first-order valence-electron chi connectivity index (χ1n) is 4.41.